The van der Waals surface area contributed by atoms with Crippen LogP contribution in [0.5, 0.6) is 5.75 Å². The van der Waals surface area contributed by atoms with Gasteiger partial charge in [-0.25, -0.2) is 0 Å². The molecule has 1 heterocycles. The number of aryl methyl sites for hydroxylation is 1. The molecule has 1 aromatic heterocycles. The number of hydrogen-bond acceptors (Lipinski definition) is 6. The molecular formula is C20H20ClN3O4. The van der Waals surface area contributed by atoms with Crippen LogP contribution in [-0.2, 0) is 11.2 Å². The van der Waals surface area contributed by atoms with Crippen molar-refractivity contribution < 1.29 is 19.2 Å². The highest BCUT2D eigenvalue weighted by Crippen LogP contribution is 2.22. The van der Waals surface area contributed by atoms with Crippen molar-refractivity contribution in [1.29, 1.82) is 0 Å². The van der Waals surface area contributed by atoms with Crippen LogP contribution < -0.4 is 9.64 Å². The summed E-state index contributed by atoms with van der Waals surface area (Å²) in [5.74, 6) is 1.39. The second-order valence-corrected chi connectivity index (χ2v) is 6.43. The predicted octanol–water partition coefficient (Wildman–Crippen LogP) is 3.36. The summed E-state index contributed by atoms with van der Waals surface area (Å²) in [7, 11) is 1.60. The SMILES string of the molecule is COc1ccc(-c2noc(CCC(=O)N(CCO)c3cccc(Cl)c3)n2)cc1. The second kappa shape index (κ2) is 9.34. The van der Waals surface area contributed by atoms with E-state index >= 15 is 0 Å². The molecule has 0 unspecified atom stereocenters. The zero-order valence-electron chi connectivity index (χ0n) is 15.3. The van der Waals surface area contributed by atoms with Gasteiger partial charge in [0, 0.05) is 35.7 Å². The number of benzene rings is 2. The van der Waals surface area contributed by atoms with Gasteiger partial charge in [-0.15, -0.1) is 0 Å². The van der Waals surface area contributed by atoms with Crippen LogP contribution >= 0.6 is 11.6 Å². The summed E-state index contributed by atoms with van der Waals surface area (Å²) in [6.45, 7) is 0.0283. The zero-order valence-corrected chi connectivity index (χ0v) is 16.1. The number of methoxy groups -OCH3 is 1. The Morgan fingerprint density at radius 2 is 2.04 bits per heavy atom. The van der Waals surface area contributed by atoms with Crippen molar-refractivity contribution in [3.05, 3.63) is 59.4 Å². The van der Waals surface area contributed by atoms with E-state index in [1.54, 1.807) is 31.4 Å². The molecular weight excluding hydrogens is 382 g/mol. The molecule has 3 rings (SSSR count). The molecule has 146 valence electrons. The molecule has 1 amide bonds. The van der Waals surface area contributed by atoms with Crippen molar-refractivity contribution in [2.24, 2.45) is 0 Å². The van der Waals surface area contributed by atoms with Crippen LogP contribution in [0.15, 0.2) is 53.1 Å². The topological polar surface area (TPSA) is 88.7 Å². The highest BCUT2D eigenvalue weighted by Gasteiger charge is 2.17. The molecule has 28 heavy (non-hydrogen) atoms. The molecule has 8 heteroatoms. The van der Waals surface area contributed by atoms with E-state index in [0.29, 0.717) is 28.8 Å². The van der Waals surface area contributed by atoms with Gasteiger partial charge in [0.2, 0.25) is 17.6 Å². The van der Waals surface area contributed by atoms with Crippen molar-refractivity contribution in [1.82, 2.24) is 10.1 Å². The first kappa shape index (κ1) is 19.9. The van der Waals surface area contributed by atoms with Crippen LogP contribution in [0.4, 0.5) is 5.69 Å². The monoisotopic (exact) mass is 401 g/mol. The van der Waals surface area contributed by atoms with E-state index in [1.165, 1.54) is 4.90 Å². The molecule has 0 atom stereocenters. The number of nitrogens with zero attached hydrogens (tertiary/aromatic N) is 3. The van der Waals surface area contributed by atoms with Gasteiger partial charge in [0.05, 0.1) is 13.7 Å². The van der Waals surface area contributed by atoms with Crippen LogP contribution in [-0.4, -0.2) is 41.4 Å². The third-order valence-corrected chi connectivity index (χ3v) is 4.35. The zero-order chi connectivity index (χ0) is 19.9. The Labute approximate surface area is 167 Å². The second-order valence-electron chi connectivity index (χ2n) is 5.99. The van der Waals surface area contributed by atoms with Gasteiger partial charge in [-0.2, -0.15) is 4.98 Å². The summed E-state index contributed by atoms with van der Waals surface area (Å²) in [5.41, 5.74) is 1.43. The number of halogens is 1. The minimum Gasteiger partial charge on any atom is -0.497 e. The lowest BCUT2D eigenvalue weighted by Crippen LogP contribution is -2.33. The summed E-state index contributed by atoms with van der Waals surface area (Å²) in [6.07, 6.45) is 0.460. The van der Waals surface area contributed by atoms with Crippen LogP contribution in [0.25, 0.3) is 11.4 Å². The predicted molar refractivity (Wildman–Crippen MR) is 105 cm³/mol. The van der Waals surface area contributed by atoms with Crippen molar-refractivity contribution >= 4 is 23.2 Å². The molecule has 0 spiro atoms. The van der Waals surface area contributed by atoms with Crippen LogP contribution in [0.3, 0.4) is 0 Å². The highest BCUT2D eigenvalue weighted by molar-refractivity contribution is 6.30. The first-order chi connectivity index (χ1) is 13.6. The Hall–Kier alpha value is -2.90. The normalized spacial score (nSPS) is 10.7. The highest BCUT2D eigenvalue weighted by atomic mass is 35.5. The first-order valence-corrected chi connectivity index (χ1v) is 9.12. The summed E-state index contributed by atoms with van der Waals surface area (Å²) in [5, 5.41) is 13.8. The molecule has 0 radical (unpaired) electrons. The smallest absolute Gasteiger partial charge is 0.227 e. The average Bonchev–Trinajstić information content (AvgIpc) is 3.19. The van der Waals surface area contributed by atoms with Crippen LogP contribution in [0.1, 0.15) is 12.3 Å². The summed E-state index contributed by atoms with van der Waals surface area (Å²) >= 11 is 6.01. The number of rotatable bonds is 8. The van der Waals surface area contributed by atoms with E-state index in [9.17, 15) is 9.90 Å². The number of ether oxygens (including phenoxy) is 1. The minimum absolute atomic E-state index is 0.152. The van der Waals surface area contributed by atoms with Gasteiger partial charge in [-0.3, -0.25) is 4.79 Å². The van der Waals surface area contributed by atoms with Gasteiger partial charge in [0.1, 0.15) is 5.75 Å². The number of aliphatic hydroxyl groups is 1. The number of aromatic nitrogens is 2. The summed E-state index contributed by atoms with van der Waals surface area (Å²) in [6, 6.07) is 14.2. The van der Waals surface area contributed by atoms with Gasteiger partial charge in [-0.1, -0.05) is 22.8 Å². The number of carbonyl (C=O) groups excluding carboxylic acids is 1. The Morgan fingerprint density at radius 3 is 2.71 bits per heavy atom. The van der Waals surface area contributed by atoms with E-state index in [2.05, 4.69) is 10.1 Å². The number of carbonyl (C=O) groups is 1. The van der Waals surface area contributed by atoms with E-state index < -0.39 is 0 Å². The van der Waals surface area contributed by atoms with Gasteiger partial charge < -0.3 is 19.3 Å². The van der Waals surface area contributed by atoms with E-state index in [-0.39, 0.29) is 25.5 Å². The Balaban J connectivity index is 1.65. The molecule has 0 aliphatic carbocycles. The average molecular weight is 402 g/mol. The standard InChI is InChI=1S/C20H20ClN3O4/c1-27-17-7-5-14(6-8-17)20-22-18(28-23-20)9-10-19(26)24(11-12-25)16-4-2-3-15(21)13-16/h2-8,13,25H,9-12H2,1H3. The van der Waals surface area contributed by atoms with Gasteiger partial charge in [0.25, 0.3) is 0 Å². The first-order valence-electron chi connectivity index (χ1n) is 8.74. The van der Waals surface area contributed by atoms with Crippen LogP contribution in [0, 0.1) is 0 Å². The molecule has 0 fully saturated rings. The molecule has 0 saturated heterocycles. The van der Waals surface area contributed by atoms with Gasteiger partial charge >= 0.3 is 0 Å². The Morgan fingerprint density at radius 1 is 1.25 bits per heavy atom. The third kappa shape index (κ3) is 4.88. The molecule has 1 N–H and O–H groups in total. The molecule has 7 nitrogen and oxygen atoms in total. The molecule has 3 aromatic rings. The van der Waals surface area contributed by atoms with E-state index in [4.69, 9.17) is 20.9 Å². The van der Waals surface area contributed by atoms with Crippen molar-refractivity contribution in [3.8, 4) is 17.1 Å². The number of aliphatic hydroxyl groups excluding tert-OH is 1. The summed E-state index contributed by atoms with van der Waals surface area (Å²) in [4.78, 5) is 18.5. The largest absolute Gasteiger partial charge is 0.497 e. The molecule has 0 aliphatic heterocycles. The maximum Gasteiger partial charge on any atom is 0.227 e. The maximum absolute atomic E-state index is 12.6. The van der Waals surface area contributed by atoms with Crippen molar-refractivity contribution in [3.63, 3.8) is 0 Å². The lowest BCUT2D eigenvalue weighted by molar-refractivity contribution is -0.118. The maximum atomic E-state index is 12.6. The minimum atomic E-state index is -0.166. The number of amides is 1. The lowest BCUT2D eigenvalue weighted by Gasteiger charge is -2.21. The Kier molecular flexibility index (Phi) is 6.62. The van der Waals surface area contributed by atoms with Crippen LogP contribution in [0.2, 0.25) is 5.02 Å². The fourth-order valence-electron chi connectivity index (χ4n) is 2.70. The van der Waals surface area contributed by atoms with Gasteiger partial charge in [0.15, 0.2) is 0 Å². The number of hydrogen-bond donors (Lipinski definition) is 1. The Bertz CT molecular complexity index is 927. The fourth-order valence-corrected chi connectivity index (χ4v) is 2.89. The quantitative estimate of drug-likeness (QED) is 0.622. The lowest BCUT2D eigenvalue weighted by atomic mass is 10.2. The van der Waals surface area contributed by atoms with Crippen molar-refractivity contribution in [2.45, 2.75) is 12.8 Å². The molecule has 2 aromatic carbocycles. The van der Waals surface area contributed by atoms with E-state index in [1.807, 2.05) is 24.3 Å². The molecule has 0 bridgehead atoms. The molecule has 0 aliphatic rings. The summed E-state index contributed by atoms with van der Waals surface area (Å²) < 4.78 is 10.4. The fraction of sp³-hybridized carbons (Fsp3) is 0.250. The number of anilines is 1. The van der Waals surface area contributed by atoms with Crippen molar-refractivity contribution in [2.75, 3.05) is 25.2 Å². The van der Waals surface area contributed by atoms with E-state index in [0.717, 1.165) is 11.3 Å². The van der Waals surface area contributed by atoms with Gasteiger partial charge in [-0.05, 0) is 42.5 Å². The molecule has 0 saturated carbocycles. The third-order valence-electron chi connectivity index (χ3n) is 4.11.